The van der Waals surface area contributed by atoms with Crippen LogP contribution in [0.3, 0.4) is 0 Å². The second kappa shape index (κ2) is 34.1. The third-order valence-corrected chi connectivity index (χ3v) is 12.0. The Balaban J connectivity index is 0.000000440. The highest BCUT2D eigenvalue weighted by molar-refractivity contribution is 5.62. The lowest BCUT2D eigenvalue weighted by atomic mass is 9.81. The van der Waals surface area contributed by atoms with E-state index < -0.39 is 23.7 Å². The van der Waals surface area contributed by atoms with E-state index in [0.717, 1.165) is 17.5 Å². The largest absolute Gasteiger partial charge is 0.508 e. The SMILES string of the molecule is CC#N.CC#N.CC#N.CC#N.CC#N.CC1c2cc(c(O)cc2O)C(C)c2cc(c(O)cc2O)C(C)c2cc(c(O)cc2O)C(C)c2cc1c(O)cc2O.c1ccc(Cc2ccccc2)cc1.c1ncc(-c2cncnc2)cn1. The molecule has 0 amide bonds. The summed E-state index contributed by atoms with van der Waals surface area (Å²) < 4.78 is 0. The Kier molecular flexibility index (Phi) is 27.9. The number of aromatic hydroxyl groups is 8. The maximum absolute atomic E-state index is 10.8. The molecular formula is C63H65N9O8. The molecule has 1 aliphatic carbocycles. The Hall–Kier alpha value is -10.7. The number of nitrogens with zero attached hydrogens (tertiary/aromatic N) is 9. The Morgan fingerprint density at radius 2 is 0.500 bits per heavy atom. The van der Waals surface area contributed by atoms with Crippen LogP contribution >= 0.6 is 0 Å². The van der Waals surface area contributed by atoms with Crippen LogP contribution in [0.2, 0.25) is 0 Å². The highest BCUT2D eigenvalue weighted by Gasteiger charge is 2.29. The average molecular weight is 1080 g/mol. The number of rotatable bonds is 3. The molecule has 0 spiro atoms. The standard InChI is InChI=1S/C32H32O8.C13H12.C8H6N4.5C2H3N/c1-13-17-5-19(27(35)9-25(17)33)14(2)21-7-23(31(39)11-29(21)37)16(4)24-8-22(30(38)12-32(24)40)15(3)20-6-18(13)26(34)10-28(20)36;1-3-7-12(8-4-1)11-13-9-5-2-6-10-13;1-7(2-10-5-9-1)8-3-11-6-12-4-8;5*1-2-3/h5-16,33-40H,1-4H3;1-10H,11H2;1-6H;5*1H3. The van der Waals surface area contributed by atoms with Gasteiger partial charge in [-0.1, -0.05) is 88.4 Å². The Bertz CT molecular complexity index is 2930. The zero-order valence-electron chi connectivity index (χ0n) is 46.0. The van der Waals surface area contributed by atoms with Gasteiger partial charge in [0, 0.05) is 163 Å². The third kappa shape index (κ3) is 18.9. The summed E-state index contributed by atoms with van der Waals surface area (Å²) in [5, 5.41) is 123. The minimum atomic E-state index is -0.598. The summed E-state index contributed by atoms with van der Waals surface area (Å²) in [4.78, 5) is 15.6. The van der Waals surface area contributed by atoms with Crippen molar-refractivity contribution < 1.29 is 40.9 Å². The number of hydrogen-bond acceptors (Lipinski definition) is 17. The lowest BCUT2D eigenvalue weighted by Gasteiger charge is -2.25. The van der Waals surface area contributed by atoms with E-state index in [0.29, 0.717) is 44.5 Å². The molecule has 0 atom stereocenters. The van der Waals surface area contributed by atoms with Crippen LogP contribution in [-0.2, 0) is 6.42 Å². The number of fused-ring (bicyclic) bond motifs is 8. The van der Waals surface area contributed by atoms with E-state index >= 15 is 0 Å². The molecule has 0 unspecified atom stereocenters. The van der Waals surface area contributed by atoms with Crippen molar-refractivity contribution >= 4 is 0 Å². The van der Waals surface area contributed by atoms with E-state index in [1.54, 1.807) is 107 Å². The van der Waals surface area contributed by atoms with Gasteiger partial charge >= 0.3 is 0 Å². The molecule has 2 heterocycles. The lowest BCUT2D eigenvalue weighted by molar-refractivity contribution is 0.429. The summed E-state index contributed by atoms with van der Waals surface area (Å²) in [6.45, 7) is 14.2. The van der Waals surface area contributed by atoms with E-state index in [2.05, 4.69) is 80.6 Å². The fraction of sp³-hybridized carbons (Fsp3) is 0.222. The van der Waals surface area contributed by atoms with E-state index in [9.17, 15) is 40.9 Å². The molecule has 2 aromatic heterocycles. The van der Waals surface area contributed by atoms with Crippen molar-refractivity contribution in [2.45, 2.75) is 92.4 Å². The van der Waals surface area contributed by atoms with E-state index in [4.69, 9.17) is 26.3 Å². The van der Waals surface area contributed by atoms with Crippen LogP contribution in [0.4, 0.5) is 0 Å². The molecule has 0 aliphatic heterocycles. The molecule has 80 heavy (non-hydrogen) atoms. The molecule has 0 saturated carbocycles. The number of phenolic OH excluding ortho intramolecular Hbond substituents is 8. The fourth-order valence-electron chi connectivity index (χ4n) is 8.21. The van der Waals surface area contributed by atoms with Crippen molar-refractivity contribution in [3.05, 3.63) is 202 Å². The maximum atomic E-state index is 10.8. The van der Waals surface area contributed by atoms with Gasteiger partial charge in [0.25, 0.3) is 0 Å². The lowest BCUT2D eigenvalue weighted by Crippen LogP contribution is -2.07. The van der Waals surface area contributed by atoms with Crippen molar-refractivity contribution in [1.29, 1.82) is 26.3 Å². The smallest absolute Gasteiger partial charge is 0.123 e. The monoisotopic (exact) mass is 1080 g/mol. The number of phenols is 8. The molecule has 1 aliphatic rings. The summed E-state index contributed by atoms with van der Waals surface area (Å²) in [5.74, 6) is -3.99. The molecule has 9 rings (SSSR count). The second-order valence-electron chi connectivity index (χ2n) is 17.3. The van der Waals surface area contributed by atoms with Crippen molar-refractivity contribution in [3.8, 4) is 87.5 Å². The molecule has 0 fully saturated rings. The number of benzene rings is 6. The van der Waals surface area contributed by atoms with Crippen LogP contribution in [0.1, 0.15) is 142 Å². The summed E-state index contributed by atoms with van der Waals surface area (Å²) >= 11 is 0. The second-order valence-corrected chi connectivity index (χ2v) is 17.3. The van der Waals surface area contributed by atoms with Crippen LogP contribution in [0.15, 0.2) is 147 Å². The summed E-state index contributed by atoms with van der Waals surface area (Å²) in [6, 6.07) is 41.1. The predicted molar refractivity (Wildman–Crippen MR) is 304 cm³/mol. The first-order valence-electron chi connectivity index (χ1n) is 24.6. The molecule has 8 N–H and O–H groups in total. The predicted octanol–water partition coefficient (Wildman–Crippen LogP) is 13.1. The van der Waals surface area contributed by atoms with Crippen LogP contribution in [-0.4, -0.2) is 60.8 Å². The van der Waals surface area contributed by atoms with Gasteiger partial charge in [-0.05, 0) is 41.8 Å². The maximum Gasteiger partial charge on any atom is 0.123 e. The summed E-state index contributed by atoms with van der Waals surface area (Å²) in [6.07, 6.45) is 10.9. The molecule has 17 nitrogen and oxygen atoms in total. The Labute approximate surface area is 467 Å². The molecule has 6 aromatic carbocycles. The van der Waals surface area contributed by atoms with Crippen molar-refractivity contribution in [2.24, 2.45) is 0 Å². The highest BCUT2D eigenvalue weighted by Crippen LogP contribution is 2.49. The summed E-state index contributed by atoms with van der Waals surface area (Å²) in [5.41, 5.74) is 7.77. The van der Waals surface area contributed by atoms with Gasteiger partial charge in [0.15, 0.2) is 0 Å². The zero-order chi connectivity index (χ0) is 59.9. The molecule has 0 radical (unpaired) electrons. The highest BCUT2D eigenvalue weighted by atomic mass is 16.3. The number of hydrogen-bond donors (Lipinski definition) is 8. The molecular weight excluding hydrogens is 1010 g/mol. The van der Waals surface area contributed by atoms with Crippen molar-refractivity contribution in [3.63, 3.8) is 0 Å². The van der Waals surface area contributed by atoms with E-state index in [-0.39, 0.29) is 46.0 Å². The first-order valence-corrected chi connectivity index (χ1v) is 24.6. The normalized spacial score (nSPS) is 13.7. The van der Waals surface area contributed by atoms with Crippen LogP contribution in [0.5, 0.6) is 46.0 Å². The first-order chi connectivity index (χ1) is 38.3. The van der Waals surface area contributed by atoms with Crippen LogP contribution in [0.25, 0.3) is 11.1 Å². The van der Waals surface area contributed by atoms with Gasteiger partial charge in [0.1, 0.15) is 58.7 Å². The van der Waals surface area contributed by atoms with Gasteiger partial charge in [-0.3, -0.25) is 0 Å². The average Bonchev–Trinajstić information content (AvgIpc) is 3.43. The van der Waals surface area contributed by atoms with Gasteiger partial charge in [0.2, 0.25) is 0 Å². The number of nitriles is 5. The topological polar surface area (TPSA) is 332 Å². The van der Waals surface area contributed by atoms with Crippen LogP contribution in [0, 0.1) is 56.7 Å². The van der Waals surface area contributed by atoms with Crippen molar-refractivity contribution in [1.82, 2.24) is 19.9 Å². The quantitative estimate of drug-likeness (QED) is 0.0815. The van der Waals surface area contributed by atoms with E-state index in [1.165, 1.54) is 82.7 Å². The minimum Gasteiger partial charge on any atom is -0.508 e. The summed E-state index contributed by atoms with van der Waals surface area (Å²) in [7, 11) is 0. The number of aromatic nitrogens is 4. The Morgan fingerprint density at radius 3 is 0.675 bits per heavy atom. The minimum absolute atomic E-state index is 0.200. The molecule has 410 valence electrons. The fourth-order valence-corrected chi connectivity index (χ4v) is 8.21. The molecule has 8 bridgehead atoms. The van der Waals surface area contributed by atoms with Gasteiger partial charge < -0.3 is 40.9 Å². The van der Waals surface area contributed by atoms with Gasteiger partial charge in [0.05, 0.1) is 30.3 Å². The van der Waals surface area contributed by atoms with E-state index in [1.807, 2.05) is 0 Å². The Morgan fingerprint density at radius 1 is 0.325 bits per heavy atom. The first kappa shape index (κ1) is 65.4. The van der Waals surface area contributed by atoms with Gasteiger partial charge in [-0.2, -0.15) is 26.3 Å². The molecule has 17 heteroatoms. The zero-order valence-corrected chi connectivity index (χ0v) is 46.0. The third-order valence-electron chi connectivity index (χ3n) is 12.0. The molecule has 0 saturated heterocycles. The van der Waals surface area contributed by atoms with Crippen molar-refractivity contribution in [2.75, 3.05) is 0 Å². The van der Waals surface area contributed by atoms with Crippen LogP contribution < -0.4 is 0 Å². The molecule has 8 aromatic rings. The van der Waals surface area contributed by atoms with Gasteiger partial charge in [-0.25, -0.2) is 19.9 Å². The van der Waals surface area contributed by atoms with Gasteiger partial charge in [-0.15, -0.1) is 0 Å².